The number of hydrogen-bond acceptors (Lipinski definition) is 3. The molecule has 0 saturated heterocycles. The van der Waals surface area contributed by atoms with Gasteiger partial charge in [0, 0.05) is 39.8 Å². The fourth-order valence-electron chi connectivity index (χ4n) is 2.63. The quantitative estimate of drug-likeness (QED) is 0.771. The second-order valence-electron chi connectivity index (χ2n) is 5.53. The molecular weight excluding hydrogens is 266 g/mol. The van der Waals surface area contributed by atoms with Gasteiger partial charge < -0.3 is 15.3 Å². The van der Waals surface area contributed by atoms with E-state index in [1.807, 2.05) is 0 Å². The highest BCUT2D eigenvalue weighted by molar-refractivity contribution is 5.73. The first-order valence-electron chi connectivity index (χ1n) is 7.59. The van der Waals surface area contributed by atoms with Crippen LogP contribution in [0.4, 0.5) is 4.79 Å². The Kier molecular flexibility index (Phi) is 6.02. The van der Waals surface area contributed by atoms with Crippen molar-refractivity contribution in [2.24, 2.45) is 0 Å². The summed E-state index contributed by atoms with van der Waals surface area (Å²) in [4.78, 5) is 15.6. The number of aliphatic hydroxyl groups excluding tert-OH is 1. The first-order chi connectivity index (χ1) is 10.2. The summed E-state index contributed by atoms with van der Waals surface area (Å²) in [5.41, 5.74) is 2.89. The van der Waals surface area contributed by atoms with Crippen molar-refractivity contribution >= 4 is 6.03 Å². The number of nitrogens with one attached hydrogen (secondary N) is 1. The largest absolute Gasteiger partial charge is 0.395 e. The molecule has 0 aliphatic carbocycles. The van der Waals surface area contributed by atoms with E-state index < -0.39 is 0 Å². The van der Waals surface area contributed by atoms with Crippen LogP contribution in [0.1, 0.15) is 17.5 Å². The highest BCUT2D eigenvalue weighted by atomic mass is 16.3. The second-order valence-corrected chi connectivity index (χ2v) is 5.53. The lowest BCUT2D eigenvalue weighted by Gasteiger charge is -2.28. The fourth-order valence-corrected chi connectivity index (χ4v) is 2.63. The molecule has 0 atom stereocenters. The molecule has 1 heterocycles. The van der Waals surface area contributed by atoms with Crippen LogP contribution in [-0.4, -0.2) is 60.8 Å². The third kappa shape index (κ3) is 4.72. The first kappa shape index (κ1) is 15.8. The third-order valence-corrected chi connectivity index (χ3v) is 3.92. The van der Waals surface area contributed by atoms with Crippen LogP contribution in [0.3, 0.4) is 0 Å². The number of carbonyl (C=O) groups excluding carboxylic acids is 1. The molecule has 116 valence electrons. The number of fused-ring (bicyclic) bond motifs is 1. The van der Waals surface area contributed by atoms with Crippen LogP contribution in [0, 0.1) is 0 Å². The summed E-state index contributed by atoms with van der Waals surface area (Å²) in [5, 5.41) is 11.7. The standard InChI is InChI=1S/C16H25N3O2/c1-18(11-12-20)16(21)17-8-4-9-19-10-7-14-5-2-3-6-15(14)13-19/h2-3,5-6,20H,4,7-13H2,1H3,(H,17,21). The van der Waals surface area contributed by atoms with Crippen LogP contribution < -0.4 is 5.32 Å². The Labute approximate surface area is 126 Å². The maximum absolute atomic E-state index is 11.6. The smallest absolute Gasteiger partial charge is 0.317 e. The molecule has 1 aliphatic rings. The molecule has 0 saturated carbocycles. The zero-order valence-electron chi connectivity index (χ0n) is 12.7. The molecule has 0 fully saturated rings. The van der Waals surface area contributed by atoms with E-state index >= 15 is 0 Å². The van der Waals surface area contributed by atoms with Crippen molar-refractivity contribution in [3.05, 3.63) is 35.4 Å². The molecule has 2 N–H and O–H groups in total. The molecule has 1 aliphatic heterocycles. The zero-order chi connectivity index (χ0) is 15.1. The summed E-state index contributed by atoms with van der Waals surface area (Å²) in [7, 11) is 1.69. The van der Waals surface area contributed by atoms with Crippen LogP contribution >= 0.6 is 0 Å². The molecule has 0 unspecified atom stereocenters. The molecule has 2 rings (SSSR count). The van der Waals surface area contributed by atoms with Gasteiger partial charge in [0.15, 0.2) is 0 Å². The van der Waals surface area contributed by atoms with E-state index in [2.05, 4.69) is 34.5 Å². The van der Waals surface area contributed by atoms with Gasteiger partial charge in [0.05, 0.1) is 6.61 Å². The number of aliphatic hydroxyl groups is 1. The van der Waals surface area contributed by atoms with Crippen LogP contribution in [0.2, 0.25) is 0 Å². The van der Waals surface area contributed by atoms with Crippen molar-refractivity contribution in [3.8, 4) is 0 Å². The highest BCUT2D eigenvalue weighted by Crippen LogP contribution is 2.18. The van der Waals surface area contributed by atoms with Gasteiger partial charge in [0.25, 0.3) is 0 Å². The van der Waals surface area contributed by atoms with Crippen molar-refractivity contribution in [1.29, 1.82) is 0 Å². The Hall–Kier alpha value is -1.59. The summed E-state index contributed by atoms with van der Waals surface area (Å²) in [6.45, 7) is 4.14. The Balaban J connectivity index is 1.65. The molecule has 1 aromatic carbocycles. The van der Waals surface area contributed by atoms with Gasteiger partial charge in [0.2, 0.25) is 0 Å². The van der Waals surface area contributed by atoms with E-state index in [1.165, 1.54) is 16.0 Å². The van der Waals surface area contributed by atoms with Gasteiger partial charge in [0.1, 0.15) is 0 Å². The second kappa shape index (κ2) is 8.00. The minimum absolute atomic E-state index is 0.00287. The molecule has 21 heavy (non-hydrogen) atoms. The van der Waals surface area contributed by atoms with Gasteiger partial charge in [-0.25, -0.2) is 4.79 Å². The summed E-state index contributed by atoms with van der Waals surface area (Å²) < 4.78 is 0. The monoisotopic (exact) mass is 291 g/mol. The Bertz CT molecular complexity index is 465. The number of likely N-dealkylation sites (N-methyl/N-ethyl adjacent to an activating group) is 1. The van der Waals surface area contributed by atoms with Crippen LogP contribution in [-0.2, 0) is 13.0 Å². The van der Waals surface area contributed by atoms with E-state index in [0.717, 1.165) is 32.5 Å². The normalized spacial score (nSPS) is 14.6. The first-order valence-corrected chi connectivity index (χ1v) is 7.59. The molecular formula is C16H25N3O2. The van der Waals surface area contributed by atoms with Crippen LogP contribution in [0.25, 0.3) is 0 Å². The molecule has 2 amide bonds. The van der Waals surface area contributed by atoms with Crippen molar-refractivity contribution < 1.29 is 9.90 Å². The minimum atomic E-state index is -0.118. The number of nitrogens with zero attached hydrogens (tertiary/aromatic N) is 2. The average Bonchev–Trinajstić information content (AvgIpc) is 2.51. The molecule has 5 heteroatoms. The molecule has 0 radical (unpaired) electrons. The van der Waals surface area contributed by atoms with Gasteiger partial charge in [-0.3, -0.25) is 4.90 Å². The molecule has 0 spiro atoms. The fraction of sp³-hybridized carbons (Fsp3) is 0.562. The number of hydrogen-bond donors (Lipinski definition) is 2. The molecule has 1 aromatic rings. The van der Waals surface area contributed by atoms with E-state index in [-0.39, 0.29) is 12.6 Å². The number of carbonyl (C=O) groups is 1. The molecule has 5 nitrogen and oxygen atoms in total. The van der Waals surface area contributed by atoms with Crippen LogP contribution in [0.15, 0.2) is 24.3 Å². The lowest BCUT2D eigenvalue weighted by atomic mass is 10.00. The summed E-state index contributed by atoms with van der Waals surface area (Å²) in [5.74, 6) is 0. The van der Waals surface area contributed by atoms with Crippen LogP contribution in [0.5, 0.6) is 0 Å². The predicted molar refractivity (Wildman–Crippen MR) is 83.2 cm³/mol. The number of benzene rings is 1. The minimum Gasteiger partial charge on any atom is -0.395 e. The molecule has 0 bridgehead atoms. The topological polar surface area (TPSA) is 55.8 Å². The SMILES string of the molecule is CN(CCO)C(=O)NCCCN1CCc2ccccc2C1. The van der Waals surface area contributed by atoms with Crippen molar-refractivity contribution in [1.82, 2.24) is 15.1 Å². The number of rotatable bonds is 6. The number of amides is 2. The van der Waals surface area contributed by atoms with E-state index in [9.17, 15) is 4.79 Å². The Morgan fingerprint density at radius 1 is 1.38 bits per heavy atom. The van der Waals surface area contributed by atoms with E-state index in [4.69, 9.17) is 5.11 Å². The van der Waals surface area contributed by atoms with Crippen molar-refractivity contribution in [2.75, 3.05) is 39.8 Å². The average molecular weight is 291 g/mol. The van der Waals surface area contributed by atoms with E-state index in [1.54, 1.807) is 7.05 Å². The summed E-state index contributed by atoms with van der Waals surface area (Å²) >= 11 is 0. The highest BCUT2D eigenvalue weighted by Gasteiger charge is 2.15. The van der Waals surface area contributed by atoms with Gasteiger partial charge in [-0.15, -0.1) is 0 Å². The maximum atomic E-state index is 11.6. The van der Waals surface area contributed by atoms with Gasteiger partial charge in [-0.2, -0.15) is 0 Å². The van der Waals surface area contributed by atoms with Gasteiger partial charge in [-0.1, -0.05) is 24.3 Å². The maximum Gasteiger partial charge on any atom is 0.317 e. The van der Waals surface area contributed by atoms with Crippen molar-refractivity contribution in [3.63, 3.8) is 0 Å². The lowest BCUT2D eigenvalue weighted by molar-refractivity contribution is 0.189. The predicted octanol–water partition coefficient (Wildman–Crippen LogP) is 1.07. The zero-order valence-corrected chi connectivity index (χ0v) is 12.7. The molecule has 0 aromatic heterocycles. The number of urea groups is 1. The third-order valence-electron chi connectivity index (χ3n) is 3.92. The van der Waals surface area contributed by atoms with E-state index in [0.29, 0.717) is 13.1 Å². The van der Waals surface area contributed by atoms with Crippen molar-refractivity contribution in [2.45, 2.75) is 19.4 Å². The summed E-state index contributed by atoms with van der Waals surface area (Å²) in [6.07, 6.45) is 2.06. The van der Waals surface area contributed by atoms with Gasteiger partial charge in [-0.05, 0) is 24.0 Å². The lowest BCUT2D eigenvalue weighted by Crippen LogP contribution is -2.40. The Morgan fingerprint density at radius 2 is 2.14 bits per heavy atom. The van der Waals surface area contributed by atoms with Gasteiger partial charge >= 0.3 is 6.03 Å². The summed E-state index contributed by atoms with van der Waals surface area (Å²) in [6, 6.07) is 8.50. The Morgan fingerprint density at radius 3 is 2.90 bits per heavy atom.